The Kier molecular flexibility index (Phi) is 5.08. The van der Waals surface area contributed by atoms with Crippen LogP contribution >= 0.6 is 0 Å². The lowest BCUT2D eigenvalue weighted by atomic mass is 10.1. The quantitative estimate of drug-likeness (QED) is 0.671. The number of urea groups is 1. The summed E-state index contributed by atoms with van der Waals surface area (Å²) in [6.45, 7) is 0.602. The van der Waals surface area contributed by atoms with Gasteiger partial charge in [0.25, 0.3) is 0 Å². The van der Waals surface area contributed by atoms with E-state index in [4.69, 9.17) is 5.11 Å². The van der Waals surface area contributed by atoms with Gasteiger partial charge in [0.1, 0.15) is 0 Å². The number of benzene rings is 3. The molecule has 0 unspecified atom stereocenters. The highest BCUT2D eigenvalue weighted by Gasteiger charge is 2.02. The number of anilines is 1. The highest BCUT2D eigenvalue weighted by atomic mass is 16.3. The van der Waals surface area contributed by atoms with Crippen molar-refractivity contribution in [1.82, 2.24) is 5.32 Å². The Morgan fingerprint density at radius 1 is 0.875 bits per heavy atom. The molecule has 0 saturated heterocycles. The van der Waals surface area contributed by atoms with Crippen LogP contribution in [0.1, 0.15) is 11.1 Å². The molecule has 0 aliphatic heterocycles. The van der Waals surface area contributed by atoms with Gasteiger partial charge in [-0.25, -0.2) is 4.79 Å². The van der Waals surface area contributed by atoms with Crippen LogP contribution in [0.2, 0.25) is 0 Å². The van der Waals surface area contributed by atoms with E-state index in [1.807, 2.05) is 66.7 Å². The predicted octanol–water partition coefficient (Wildman–Crippen LogP) is 3.70. The van der Waals surface area contributed by atoms with Crippen molar-refractivity contribution in [2.24, 2.45) is 0 Å². The molecule has 4 nitrogen and oxygen atoms in total. The van der Waals surface area contributed by atoms with Gasteiger partial charge in [-0.15, -0.1) is 0 Å². The van der Waals surface area contributed by atoms with Crippen LogP contribution < -0.4 is 10.6 Å². The van der Waals surface area contributed by atoms with Gasteiger partial charge in [0.2, 0.25) is 0 Å². The average molecular weight is 320 g/mol. The molecule has 4 heteroatoms. The SMILES string of the molecule is O=C(NCCc1ccc(CO)cc1)Nc1ccc2ccccc2c1. The van der Waals surface area contributed by atoms with Crippen molar-refractivity contribution in [3.63, 3.8) is 0 Å². The Hall–Kier alpha value is -2.85. The number of hydrogen-bond donors (Lipinski definition) is 3. The molecule has 2 amide bonds. The largest absolute Gasteiger partial charge is 0.392 e. The molecule has 0 spiro atoms. The number of carbonyl (C=O) groups excluding carboxylic acids is 1. The first kappa shape index (κ1) is 16.0. The van der Waals surface area contributed by atoms with Gasteiger partial charge in [-0.1, -0.05) is 54.6 Å². The molecule has 0 aliphatic rings. The molecule has 3 N–H and O–H groups in total. The van der Waals surface area contributed by atoms with Crippen molar-refractivity contribution in [3.05, 3.63) is 77.9 Å². The number of amides is 2. The Balaban J connectivity index is 1.51. The summed E-state index contributed by atoms with van der Waals surface area (Å²) < 4.78 is 0. The van der Waals surface area contributed by atoms with E-state index in [1.54, 1.807) is 0 Å². The zero-order valence-corrected chi connectivity index (χ0v) is 13.3. The van der Waals surface area contributed by atoms with Gasteiger partial charge in [0, 0.05) is 12.2 Å². The van der Waals surface area contributed by atoms with Crippen molar-refractivity contribution < 1.29 is 9.90 Å². The van der Waals surface area contributed by atoms with Crippen molar-refractivity contribution in [2.45, 2.75) is 13.0 Å². The third kappa shape index (κ3) is 4.12. The molecular weight excluding hydrogens is 300 g/mol. The maximum absolute atomic E-state index is 12.0. The molecule has 0 aliphatic carbocycles. The highest BCUT2D eigenvalue weighted by molar-refractivity contribution is 5.93. The van der Waals surface area contributed by atoms with Gasteiger partial charge < -0.3 is 15.7 Å². The van der Waals surface area contributed by atoms with E-state index in [9.17, 15) is 4.79 Å². The number of carbonyl (C=O) groups is 1. The van der Waals surface area contributed by atoms with E-state index in [0.717, 1.165) is 34.0 Å². The van der Waals surface area contributed by atoms with E-state index in [1.165, 1.54) is 0 Å². The third-order valence-corrected chi connectivity index (χ3v) is 3.91. The third-order valence-electron chi connectivity index (χ3n) is 3.91. The number of aliphatic hydroxyl groups is 1. The topological polar surface area (TPSA) is 61.4 Å². The summed E-state index contributed by atoms with van der Waals surface area (Å²) in [4.78, 5) is 12.0. The summed E-state index contributed by atoms with van der Waals surface area (Å²) in [5, 5.41) is 17.0. The number of aliphatic hydroxyl groups excluding tert-OH is 1. The van der Waals surface area contributed by atoms with Gasteiger partial charge in [-0.2, -0.15) is 0 Å². The molecule has 3 aromatic carbocycles. The molecule has 3 rings (SSSR count). The maximum Gasteiger partial charge on any atom is 0.319 e. The van der Waals surface area contributed by atoms with Crippen LogP contribution in [-0.2, 0) is 13.0 Å². The molecule has 0 heterocycles. The van der Waals surface area contributed by atoms with E-state index in [0.29, 0.717) is 6.54 Å². The van der Waals surface area contributed by atoms with Crippen LogP contribution in [-0.4, -0.2) is 17.7 Å². The molecule has 122 valence electrons. The first-order chi connectivity index (χ1) is 11.7. The molecule has 0 aromatic heterocycles. The fraction of sp³-hybridized carbons (Fsp3) is 0.150. The Morgan fingerprint density at radius 3 is 2.33 bits per heavy atom. The van der Waals surface area contributed by atoms with E-state index >= 15 is 0 Å². The van der Waals surface area contributed by atoms with Crippen molar-refractivity contribution >= 4 is 22.5 Å². The van der Waals surface area contributed by atoms with Crippen LogP contribution in [0.15, 0.2) is 66.7 Å². The lowest BCUT2D eigenvalue weighted by Crippen LogP contribution is -2.30. The second kappa shape index (κ2) is 7.62. The Morgan fingerprint density at radius 2 is 1.58 bits per heavy atom. The van der Waals surface area contributed by atoms with Gasteiger partial charge in [0.15, 0.2) is 0 Å². The van der Waals surface area contributed by atoms with Crippen LogP contribution in [0.4, 0.5) is 10.5 Å². The fourth-order valence-corrected chi connectivity index (χ4v) is 2.57. The minimum Gasteiger partial charge on any atom is -0.392 e. The Labute approximate surface area is 141 Å². The first-order valence-electron chi connectivity index (χ1n) is 7.97. The van der Waals surface area contributed by atoms with Crippen LogP contribution in [0.25, 0.3) is 10.8 Å². The number of nitrogens with one attached hydrogen (secondary N) is 2. The van der Waals surface area contributed by atoms with Gasteiger partial charge >= 0.3 is 6.03 Å². The van der Waals surface area contributed by atoms with E-state index in [2.05, 4.69) is 10.6 Å². The minimum atomic E-state index is -0.211. The number of rotatable bonds is 5. The molecule has 0 bridgehead atoms. The minimum absolute atomic E-state index is 0.0483. The second-order valence-electron chi connectivity index (χ2n) is 5.67. The van der Waals surface area contributed by atoms with Crippen LogP contribution in [0.5, 0.6) is 0 Å². The van der Waals surface area contributed by atoms with Crippen molar-refractivity contribution in [1.29, 1.82) is 0 Å². The molecule has 0 saturated carbocycles. The summed E-state index contributed by atoms with van der Waals surface area (Å²) in [6.07, 6.45) is 0.747. The van der Waals surface area contributed by atoms with Crippen LogP contribution in [0.3, 0.4) is 0 Å². The van der Waals surface area contributed by atoms with Crippen molar-refractivity contribution in [2.75, 3.05) is 11.9 Å². The van der Waals surface area contributed by atoms with Gasteiger partial charge in [-0.05, 0) is 40.5 Å². The maximum atomic E-state index is 12.0. The van der Waals surface area contributed by atoms with Crippen LogP contribution in [0, 0.1) is 0 Å². The molecule has 24 heavy (non-hydrogen) atoms. The number of fused-ring (bicyclic) bond motifs is 1. The zero-order valence-electron chi connectivity index (χ0n) is 13.3. The zero-order chi connectivity index (χ0) is 16.8. The monoisotopic (exact) mass is 320 g/mol. The standard InChI is InChI=1S/C20H20N2O2/c23-14-16-7-5-15(6-8-16)11-12-21-20(24)22-19-10-9-17-3-1-2-4-18(17)13-19/h1-10,13,23H,11-12,14H2,(H2,21,22,24). The van der Waals surface area contributed by atoms with E-state index < -0.39 is 0 Å². The summed E-state index contributed by atoms with van der Waals surface area (Å²) in [7, 11) is 0. The van der Waals surface area contributed by atoms with Gasteiger partial charge in [0.05, 0.1) is 6.61 Å². The molecule has 0 radical (unpaired) electrons. The summed E-state index contributed by atoms with van der Waals surface area (Å²) in [5.74, 6) is 0. The summed E-state index contributed by atoms with van der Waals surface area (Å²) >= 11 is 0. The lowest BCUT2D eigenvalue weighted by Gasteiger charge is -2.09. The number of hydrogen-bond acceptors (Lipinski definition) is 2. The summed E-state index contributed by atoms with van der Waals surface area (Å²) in [6, 6.07) is 21.4. The molecule has 0 atom stereocenters. The molecule has 0 fully saturated rings. The summed E-state index contributed by atoms with van der Waals surface area (Å²) in [5.41, 5.74) is 2.79. The second-order valence-corrected chi connectivity index (χ2v) is 5.67. The smallest absolute Gasteiger partial charge is 0.319 e. The average Bonchev–Trinajstić information content (AvgIpc) is 2.62. The molecule has 3 aromatic rings. The molecular formula is C20H20N2O2. The Bertz CT molecular complexity index is 828. The fourth-order valence-electron chi connectivity index (χ4n) is 2.57. The predicted molar refractivity (Wildman–Crippen MR) is 97.0 cm³/mol. The van der Waals surface area contributed by atoms with Crippen molar-refractivity contribution in [3.8, 4) is 0 Å². The first-order valence-corrected chi connectivity index (χ1v) is 7.97. The van der Waals surface area contributed by atoms with Gasteiger partial charge in [-0.3, -0.25) is 0 Å². The van der Waals surface area contributed by atoms with E-state index in [-0.39, 0.29) is 12.6 Å². The normalized spacial score (nSPS) is 10.5. The lowest BCUT2D eigenvalue weighted by molar-refractivity contribution is 0.252. The highest BCUT2D eigenvalue weighted by Crippen LogP contribution is 2.18.